The number of carbonyl (C=O) groups is 1. The minimum absolute atomic E-state index is 0.195. The Bertz CT molecular complexity index is 652. The Kier molecular flexibility index (Phi) is 4.37. The molecular weight excluding hydrogens is 288 g/mol. The lowest BCUT2D eigenvalue weighted by molar-refractivity contribution is 0.103. The molecule has 2 heterocycles. The second-order valence-corrected chi connectivity index (χ2v) is 5.77. The van der Waals surface area contributed by atoms with E-state index in [2.05, 4.69) is 20.3 Å². The van der Waals surface area contributed by atoms with Gasteiger partial charge in [0.2, 0.25) is 5.95 Å². The number of aromatic nitrogens is 3. The number of nitrogens with one attached hydrogen (secondary N) is 1. The van der Waals surface area contributed by atoms with Crippen molar-refractivity contribution < 1.29 is 4.79 Å². The SMILES string of the molecule is Cc1ncsc1C(=O)Nc1cnc(N(C)C)nc1N(C)C. The zero-order chi connectivity index (χ0) is 15.6. The van der Waals surface area contributed by atoms with E-state index in [0.29, 0.717) is 22.3 Å². The molecule has 0 saturated carbocycles. The topological polar surface area (TPSA) is 74.2 Å². The Morgan fingerprint density at radius 1 is 1.19 bits per heavy atom. The fourth-order valence-electron chi connectivity index (χ4n) is 1.71. The number of thiazole rings is 1. The van der Waals surface area contributed by atoms with Crippen LogP contribution in [-0.4, -0.2) is 49.0 Å². The molecule has 1 amide bonds. The summed E-state index contributed by atoms with van der Waals surface area (Å²) in [5, 5.41) is 2.85. The van der Waals surface area contributed by atoms with Gasteiger partial charge in [0.05, 0.1) is 17.4 Å². The molecule has 0 atom stereocenters. The number of anilines is 3. The molecule has 0 aliphatic heterocycles. The van der Waals surface area contributed by atoms with Crippen LogP contribution in [0.5, 0.6) is 0 Å². The van der Waals surface area contributed by atoms with E-state index in [-0.39, 0.29) is 5.91 Å². The summed E-state index contributed by atoms with van der Waals surface area (Å²) in [7, 11) is 7.48. The first kappa shape index (κ1) is 15.2. The monoisotopic (exact) mass is 306 g/mol. The maximum absolute atomic E-state index is 12.3. The Labute approximate surface area is 127 Å². The van der Waals surface area contributed by atoms with Crippen molar-refractivity contribution in [1.82, 2.24) is 15.0 Å². The fraction of sp³-hybridized carbons (Fsp3) is 0.385. The van der Waals surface area contributed by atoms with Crippen LogP contribution >= 0.6 is 11.3 Å². The van der Waals surface area contributed by atoms with Crippen molar-refractivity contribution >= 4 is 34.7 Å². The van der Waals surface area contributed by atoms with Gasteiger partial charge < -0.3 is 15.1 Å². The van der Waals surface area contributed by atoms with Crippen LogP contribution in [0.25, 0.3) is 0 Å². The molecule has 0 radical (unpaired) electrons. The van der Waals surface area contributed by atoms with Crippen molar-refractivity contribution in [2.75, 3.05) is 43.3 Å². The van der Waals surface area contributed by atoms with Gasteiger partial charge in [-0.2, -0.15) is 4.98 Å². The minimum Gasteiger partial charge on any atom is -0.361 e. The third kappa shape index (κ3) is 3.27. The van der Waals surface area contributed by atoms with E-state index in [9.17, 15) is 4.79 Å². The highest BCUT2D eigenvalue weighted by atomic mass is 32.1. The molecule has 0 bridgehead atoms. The molecule has 7 nitrogen and oxygen atoms in total. The molecule has 2 rings (SSSR count). The lowest BCUT2D eigenvalue weighted by Gasteiger charge is -2.19. The molecule has 112 valence electrons. The van der Waals surface area contributed by atoms with Crippen molar-refractivity contribution in [3.63, 3.8) is 0 Å². The van der Waals surface area contributed by atoms with Gasteiger partial charge in [-0.15, -0.1) is 11.3 Å². The second-order valence-electron chi connectivity index (χ2n) is 4.92. The Morgan fingerprint density at radius 3 is 2.43 bits per heavy atom. The summed E-state index contributed by atoms with van der Waals surface area (Å²) >= 11 is 1.31. The highest BCUT2D eigenvalue weighted by Crippen LogP contribution is 2.24. The number of hydrogen-bond donors (Lipinski definition) is 1. The maximum atomic E-state index is 12.3. The maximum Gasteiger partial charge on any atom is 0.267 e. The van der Waals surface area contributed by atoms with Gasteiger partial charge in [0, 0.05) is 28.2 Å². The summed E-state index contributed by atoms with van der Waals surface area (Å²) in [6.07, 6.45) is 1.62. The fourth-order valence-corrected chi connectivity index (χ4v) is 2.40. The van der Waals surface area contributed by atoms with Gasteiger partial charge in [-0.3, -0.25) is 4.79 Å². The van der Waals surface area contributed by atoms with Crippen LogP contribution < -0.4 is 15.1 Å². The van der Waals surface area contributed by atoms with Gasteiger partial charge in [-0.25, -0.2) is 9.97 Å². The molecule has 2 aromatic heterocycles. The Balaban J connectivity index is 2.31. The van der Waals surface area contributed by atoms with Gasteiger partial charge in [-0.05, 0) is 6.92 Å². The van der Waals surface area contributed by atoms with Crippen molar-refractivity contribution in [1.29, 1.82) is 0 Å². The minimum atomic E-state index is -0.195. The summed E-state index contributed by atoms with van der Waals surface area (Å²) in [5.41, 5.74) is 2.95. The Hall–Kier alpha value is -2.22. The van der Waals surface area contributed by atoms with E-state index in [4.69, 9.17) is 0 Å². The van der Waals surface area contributed by atoms with Crippen LogP contribution in [0.2, 0.25) is 0 Å². The average molecular weight is 306 g/mol. The van der Waals surface area contributed by atoms with Crippen molar-refractivity contribution in [2.24, 2.45) is 0 Å². The lowest BCUT2D eigenvalue weighted by atomic mass is 10.3. The largest absolute Gasteiger partial charge is 0.361 e. The van der Waals surface area contributed by atoms with Crippen molar-refractivity contribution in [3.05, 3.63) is 22.3 Å². The number of hydrogen-bond acceptors (Lipinski definition) is 7. The van der Waals surface area contributed by atoms with E-state index in [0.717, 1.165) is 5.69 Å². The normalized spacial score (nSPS) is 10.3. The summed E-state index contributed by atoms with van der Waals surface area (Å²) in [4.78, 5) is 29.3. The lowest BCUT2D eigenvalue weighted by Crippen LogP contribution is -2.21. The predicted octanol–water partition coefficient (Wildman–Crippen LogP) is 1.63. The van der Waals surface area contributed by atoms with Gasteiger partial charge in [-0.1, -0.05) is 0 Å². The van der Waals surface area contributed by atoms with E-state index < -0.39 is 0 Å². The van der Waals surface area contributed by atoms with Crippen LogP contribution in [0.15, 0.2) is 11.7 Å². The highest BCUT2D eigenvalue weighted by molar-refractivity contribution is 7.12. The predicted molar refractivity (Wildman–Crippen MR) is 85.5 cm³/mol. The van der Waals surface area contributed by atoms with Gasteiger partial charge in [0.1, 0.15) is 10.6 Å². The van der Waals surface area contributed by atoms with E-state index in [1.807, 2.05) is 44.9 Å². The first-order chi connectivity index (χ1) is 9.90. The first-order valence-electron chi connectivity index (χ1n) is 6.33. The number of rotatable bonds is 4. The molecule has 0 aliphatic rings. The van der Waals surface area contributed by atoms with Crippen molar-refractivity contribution in [2.45, 2.75) is 6.92 Å². The third-order valence-electron chi connectivity index (χ3n) is 2.78. The van der Waals surface area contributed by atoms with Crippen LogP contribution in [0.4, 0.5) is 17.5 Å². The van der Waals surface area contributed by atoms with Gasteiger partial charge in [0.25, 0.3) is 5.91 Å². The third-order valence-corrected chi connectivity index (χ3v) is 3.71. The summed E-state index contributed by atoms with van der Waals surface area (Å²) in [6, 6.07) is 0. The van der Waals surface area contributed by atoms with Crippen LogP contribution in [0.1, 0.15) is 15.4 Å². The summed E-state index contributed by atoms with van der Waals surface area (Å²) < 4.78 is 0. The van der Waals surface area contributed by atoms with Gasteiger partial charge >= 0.3 is 0 Å². The molecule has 0 fully saturated rings. The quantitative estimate of drug-likeness (QED) is 0.925. The zero-order valence-corrected chi connectivity index (χ0v) is 13.5. The van der Waals surface area contributed by atoms with Crippen LogP contribution in [-0.2, 0) is 0 Å². The summed E-state index contributed by atoms with van der Waals surface area (Å²) in [5.74, 6) is 1.05. The molecule has 2 aromatic rings. The van der Waals surface area contributed by atoms with Crippen LogP contribution in [0, 0.1) is 6.92 Å². The molecule has 0 saturated heterocycles. The molecular formula is C13H18N6OS. The highest BCUT2D eigenvalue weighted by Gasteiger charge is 2.16. The molecule has 0 aromatic carbocycles. The van der Waals surface area contributed by atoms with E-state index in [1.165, 1.54) is 11.3 Å². The molecule has 8 heteroatoms. The second kappa shape index (κ2) is 6.04. The molecule has 21 heavy (non-hydrogen) atoms. The Morgan fingerprint density at radius 2 is 1.90 bits per heavy atom. The number of nitrogens with zero attached hydrogens (tertiary/aromatic N) is 5. The van der Waals surface area contributed by atoms with E-state index >= 15 is 0 Å². The average Bonchev–Trinajstić information content (AvgIpc) is 2.85. The number of carbonyl (C=O) groups excluding carboxylic acids is 1. The number of aryl methyl sites for hydroxylation is 1. The number of amides is 1. The standard InChI is InChI=1S/C13H18N6OS/c1-8-10(21-7-15-8)12(20)16-9-6-14-13(19(4)5)17-11(9)18(2)3/h6-7H,1-5H3,(H,16,20). The molecule has 1 N–H and O–H groups in total. The van der Waals surface area contributed by atoms with Crippen LogP contribution in [0.3, 0.4) is 0 Å². The molecule has 0 aliphatic carbocycles. The van der Waals surface area contributed by atoms with E-state index in [1.54, 1.807) is 11.7 Å². The van der Waals surface area contributed by atoms with Gasteiger partial charge in [0.15, 0.2) is 5.82 Å². The van der Waals surface area contributed by atoms with Crippen molar-refractivity contribution in [3.8, 4) is 0 Å². The zero-order valence-electron chi connectivity index (χ0n) is 12.7. The molecule has 0 unspecified atom stereocenters. The molecule has 0 spiro atoms. The first-order valence-corrected chi connectivity index (χ1v) is 7.21. The summed E-state index contributed by atoms with van der Waals surface area (Å²) in [6.45, 7) is 1.81. The smallest absolute Gasteiger partial charge is 0.267 e.